The first-order valence-electron chi connectivity index (χ1n) is 8.82. The quantitative estimate of drug-likeness (QED) is 0.724. The first-order valence-corrected chi connectivity index (χ1v) is 8.82. The molecule has 0 radical (unpaired) electrons. The molecule has 27 heavy (non-hydrogen) atoms. The summed E-state index contributed by atoms with van der Waals surface area (Å²) in [5.74, 6) is 1.98. The van der Waals surface area contributed by atoms with E-state index >= 15 is 0 Å². The van der Waals surface area contributed by atoms with E-state index in [0.29, 0.717) is 23.9 Å². The first kappa shape index (κ1) is 23.2. The van der Waals surface area contributed by atoms with Crippen molar-refractivity contribution in [1.82, 2.24) is 10.3 Å². The van der Waals surface area contributed by atoms with Crippen LogP contribution in [0.25, 0.3) is 0 Å². The van der Waals surface area contributed by atoms with Gasteiger partial charge in [-0.15, -0.1) is 24.8 Å². The summed E-state index contributed by atoms with van der Waals surface area (Å²) >= 11 is 0. The number of ether oxygens (including phenoxy) is 1. The minimum Gasteiger partial charge on any atom is -0.439 e. The molecular weight excluding hydrogens is 385 g/mol. The molecule has 1 aliphatic heterocycles. The number of carbonyl (C=O) groups excluding carboxylic acids is 1. The van der Waals surface area contributed by atoms with E-state index in [1.165, 1.54) is 12.0 Å². The maximum atomic E-state index is 12.0. The molecule has 3 rings (SSSR count). The van der Waals surface area contributed by atoms with Crippen molar-refractivity contribution in [2.24, 2.45) is 5.92 Å². The van der Waals surface area contributed by atoms with Gasteiger partial charge in [0.05, 0.1) is 11.9 Å². The highest BCUT2D eigenvalue weighted by molar-refractivity contribution is 5.90. The molecule has 7 heteroatoms. The Morgan fingerprint density at radius 1 is 1.26 bits per heavy atom. The van der Waals surface area contributed by atoms with Gasteiger partial charge in [0.2, 0.25) is 11.8 Å². The number of halogens is 2. The lowest BCUT2D eigenvalue weighted by Gasteiger charge is -2.11. The van der Waals surface area contributed by atoms with E-state index in [1.54, 1.807) is 12.3 Å². The van der Waals surface area contributed by atoms with Crippen molar-refractivity contribution in [1.29, 1.82) is 0 Å². The Hall–Kier alpha value is -1.82. The molecule has 1 aromatic heterocycles. The molecule has 2 aromatic rings. The summed E-state index contributed by atoms with van der Waals surface area (Å²) in [5, 5.41) is 6.22. The highest BCUT2D eigenvalue weighted by Gasteiger charge is 2.15. The monoisotopic (exact) mass is 411 g/mol. The van der Waals surface area contributed by atoms with E-state index < -0.39 is 0 Å². The molecule has 1 saturated heterocycles. The maximum Gasteiger partial charge on any atom is 0.224 e. The molecule has 1 unspecified atom stereocenters. The lowest BCUT2D eigenvalue weighted by Crippen LogP contribution is -2.15. The van der Waals surface area contributed by atoms with E-state index in [0.717, 1.165) is 30.8 Å². The van der Waals surface area contributed by atoms with Crippen LogP contribution in [0.3, 0.4) is 0 Å². The minimum atomic E-state index is 0. The number of amides is 1. The van der Waals surface area contributed by atoms with Crippen LogP contribution in [0.4, 0.5) is 5.69 Å². The molecule has 5 nitrogen and oxygen atoms in total. The smallest absolute Gasteiger partial charge is 0.224 e. The van der Waals surface area contributed by atoms with Crippen LogP contribution >= 0.6 is 24.8 Å². The Labute approximate surface area is 173 Å². The van der Waals surface area contributed by atoms with Crippen LogP contribution in [0.2, 0.25) is 0 Å². The van der Waals surface area contributed by atoms with E-state index in [-0.39, 0.29) is 30.7 Å². The molecule has 0 saturated carbocycles. The topological polar surface area (TPSA) is 63.2 Å². The number of pyridine rings is 1. The third-order valence-electron chi connectivity index (χ3n) is 4.73. The van der Waals surface area contributed by atoms with Gasteiger partial charge in [0, 0.05) is 12.5 Å². The molecule has 0 spiro atoms. The summed E-state index contributed by atoms with van der Waals surface area (Å²) in [5.41, 5.74) is 2.98. The van der Waals surface area contributed by atoms with Gasteiger partial charge in [-0.1, -0.05) is 12.1 Å². The normalized spacial score (nSPS) is 15.4. The first-order chi connectivity index (χ1) is 12.1. The van der Waals surface area contributed by atoms with Gasteiger partial charge in [0.15, 0.2) is 0 Å². The van der Waals surface area contributed by atoms with Crippen LogP contribution in [0, 0.1) is 19.8 Å². The summed E-state index contributed by atoms with van der Waals surface area (Å²) < 4.78 is 5.83. The third-order valence-corrected chi connectivity index (χ3v) is 4.73. The fourth-order valence-electron chi connectivity index (χ4n) is 2.98. The van der Waals surface area contributed by atoms with Gasteiger partial charge in [0.25, 0.3) is 0 Å². The van der Waals surface area contributed by atoms with Gasteiger partial charge >= 0.3 is 0 Å². The van der Waals surface area contributed by atoms with Crippen molar-refractivity contribution in [3.8, 4) is 11.6 Å². The number of hydrogen-bond acceptors (Lipinski definition) is 4. The Morgan fingerprint density at radius 3 is 2.74 bits per heavy atom. The van der Waals surface area contributed by atoms with Crippen LogP contribution < -0.4 is 15.4 Å². The zero-order chi connectivity index (χ0) is 17.6. The van der Waals surface area contributed by atoms with Crippen LogP contribution in [-0.2, 0) is 4.79 Å². The van der Waals surface area contributed by atoms with Gasteiger partial charge in [0.1, 0.15) is 5.75 Å². The minimum absolute atomic E-state index is 0. The van der Waals surface area contributed by atoms with Gasteiger partial charge in [-0.25, -0.2) is 4.98 Å². The van der Waals surface area contributed by atoms with Crippen molar-refractivity contribution < 1.29 is 9.53 Å². The number of anilines is 1. The number of aryl methyl sites for hydroxylation is 1. The number of benzene rings is 1. The Kier molecular flexibility index (Phi) is 9.56. The number of nitrogens with zero attached hydrogens (tertiary/aromatic N) is 1. The number of rotatable bonds is 6. The van der Waals surface area contributed by atoms with E-state index in [2.05, 4.69) is 28.6 Å². The standard InChI is InChI=1S/C20H25N3O2.2ClH/c1-14-4-3-5-18(15(14)2)25-20-9-7-17(13-22-20)23-19(24)8-6-16-10-11-21-12-16;;/h3-5,7,9,13,16,21H,6,8,10-12H2,1-2H3,(H,23,24);2*1H. The van der Waals surface area contributed by atoms with Gasteiger partial charge in [-0.3, -0.25) is 4.79 Å². The summed E-state index contributed by atoms with van der Waals surface area (Å²) in [7, 11) is 0. The zero-order valence-electron chi connectivity index (χ0n) is 15.7. The summed E-state index contributed by atoms with van der Waals surface area (Å²) in [4.78, 5) is 16.3. The van der Waals surface area contributed by atoms with Crippen molar-refractivity contribution in [3.05, 3.63) is 47.7 Å². The SMILES string of the molecule is Cc1cccc(Oc2ccc(NC(=O)CCC3CCNC3)cn2)c1C.Cl.Cl. The second kappa shape index (κ2) is 11.1. The average Bonchev–Trinajstić information content (AvgIpc) is 3.12. The molecule has 2 heterocycles. The molecule has 1 aromatic carbocycles. The van der Waals surface area contributed by atoms with Gasteiger partial charge < -0.3 is 15.4 Å². The Bertz CT molecular complexity index is 733. The number of aromatic nitrogens is 1. The lowest BCUT2D eigenvalue weighted by molar-refractivity contribution is -0.116. The van der Waals surface area contributed by atoms with Gasteiger partial charge in [-0.05, 0) is 69.0 Å². The van der Waals surface area contributed by atoms with E-state index in [9.17, 15) is 4.79 Å². The molecule has 148 valence electrons. The predicted octanol–water partition coefficient (Wildman–Crippen LogP) is 4.66. The van der Waals surface area contributed by atoms with Crippen LogP contribution in [0.5, 0.6) is 11.6 Å². The van der Waals surface area contributed by atoms with Crippen molar-refractivity contribution in [2.75, 3.05) is 18.4 Å². The largest absolute Gasteiger partial charge is 0.439 e. The zero-order valence-corrected chi connectivity index (χ0v) is 17.3. The second-order valence-electron chi connectivity index (χ2n) is 6.63. The fourth-order valence-corrected chi connectivity index (χ4v) is 2.98. The summed E-state index contributed by atoms with van der Waals surface area (Å²) in [6.45, 7) is 6.17. The number of nitrogens with one attached hydrogen (secondary N) is 2. The molecule has 1 fully saturated rings. The molecular formula is C20H27Cl2N3O2. The maximum absolute atomic E-state index is 12.0. The predicted molar refractivity (Wildman–Crippen MR) is 114 cm³/mol. The van der Waals surface area contributed by atoms with Gasteiger partial charge in [-0.2, -0.15) is 0 Å². The molecule has 2 N–H and O–H groups in total. The molecule has 1 atom stereocenters. The molecule has 0 bridgehead atoms. The number of carbonyl (C=O) groups is 1. The van der Waals surface area contributed by atoms with Crippen LogP contribution in [-0.4, -0.2) is 24.0 Å². The van der Waals surface area contributed by atoms with Crippen molar-refractivity contribution >= 4 is 36.4 Å². The third kappa shape index (κ3) is 6.69. The van der Waals surface area contributed by atoms with Crippen LogP contribution in [0.15, 0.2) is 36.5 Å². The Balaban J connectivity index is 0.00000182. The lowest BCUT2D eigenvalue weighted by atomic mass is 10.0. The Morgan fingerprint density at radius 2 is 2.07 bits per heavy atom. The highest BCUT2D eigenvalue weighted by atomic mass is 35.5. The second-order valence-corrected chi connectivity index (χ2v) is 6.63. The molecule has 0 aliphatic carbocycles. The molecule has 1 aliphatic rings. The fraction of sp³-hybridized carbons (Fsp3) is 0.400. The van der Waals surface area contributed by atoms with Crippen LogP contribution in [0.1, 0.15) is 30.4 Å². The summed E-state index contributed by atoms with van der Waals surface area (Å²) in [6.07, 6.45) is 4.28. The van der Waals surface area contributed by atoms with E-state index in [1.807, 2.05) is 25.1 Å². The number of hydrogen-bond donors (Lipinski definition) is 2. The van der Waals surface area contributed by atoms with Crippen molar-refractivity contribution in [2.45, 2.75) is 33.1 Å². The summed E-state index contributed by atoms with van der Waals surface area (Å²) in [6, 6.07) is 9.54. The highest BCUT2D eigenvalue weighted by Crippen LogP contribution is 2.26. The average molecular weight is 412 g/mol. The molecule has 1 amide bonds. The van der Waals surface area contributed by atoms with E-state index in [4.69, 9.17) is 4.74 Å². The van der Waals surface area contributed by atoms with Crippen molar-refractivity contribution in [3.63, 3.8) is 0 Å².